The first-order valence-electron chi connectivity index (χ1n) is 5.03. The Balaban J connectivity index is 2.52. The van der Waals surface area contributed by atoms with Gasteiger partial charge in [-0.2, -0.15) is 0 Å². The van der Waals surface area contributed by atoms with Crippen molar-refractivity contribution in [2.24, 2.45) is 17.3 Å². The van der Waals surface area contributed by atoms with E-state index in [1.54, 1.807) is 6.92 Å². The molecule has 1 fully saturated rings. The topological polar surface area (TPSA) is 17.1 Å². The molecule has 1 aliphatic rings. The molecule has 0 radical (unpaired) electrons. The number of carbonyl (C=O) groups is 1. The van der Waals surface area contributed by atoms with Crippen molar-refractivity contribution in [2.45, 2.75) is 47.0 Å². The van der Waals surface area contributed by atoms with Crippen LogP contribution in [0.2, 0.25) is 0 Å². The molecule has 1 saturated carbocycles. The van der Waals surface area contributed by atoms with Crippen LogP contribution in [0.3, 0.4) is 0 Å². The third-order valence-electron chi connectivity index (χ3n) is 3.67. The van der Waals surface area contributed by atoms with Crippen LogP contribution in [0.5, 0.6) is 0 Å². The fourth-order valence-corrected chi connectivity index (χ4v) is 2.24. The quantitative estimate of drug-likeness (QED) is 0.633. The van der Waals surface area contributed by atoms with E-state index in [0.717, 1.165) is 31.1 Å². The number of hydrogen-bond acceptors (Lipinski definition) is 1. The average Bonchev–Trinajstić information content (AvgIpc) is 1.84. The van der Waals surface area contributed by atoms with E-state index < -0.39 is 0 Å². The van der Waals surface area contributed by atoms with Crippen molar-refractivity contribution in [3.63, 3.8) is 0 Å². The first-order chi connectivity index (χ1) is 5.52. The molecule has 0 saturated heterocycles. The molecule has 0 atom stereocenters. The molecule has 0 bridgehead atoms. The van der Waals surface area contributed by atoms with Crippen LogP contribution in [0.1, 0.15) is 47.0 Å². The number of hydrogen-bond donors (Lipinski definition) is 0. The molecule has 0 aromatic rings. The SMILES string of the molecule is CCC1(C(C)=O)CC(C(C)C)C1. The zero-order valence-corrected chi connectivity index (χ0v) is 8.68. The minimum Gasteiger partial charge on any atom is -0.299 e. The minimum atomic E-state index is 0.0783. The summed E-state index contributed by atoms with van der Waals surface area (Å²) in [7, 11) is 0. The van der Waals surface area contributed by atoms with Crippen LogP contribution in [0.15, 0.2) is 0 Å². The molecule has 12 heavy (non-hydrogen) atoms. The molecular weight excluding hydrogens is 148 g/mol. The molecule has 0 aromatic carbocycles. The largest absolute Gasteiger partial charge is 0.299 e. The highest BCUT2D eigenvalue weighted by atomic mass is 16.1. The van der Waals surface area contributed by atoms with Crippen LogP contribution in [0.4, 0.5) is 0 Å². The highest BCUT2D eigenvalue weighted by Gasteiger charge is 2.46. The van der Waals surface area contributed by atoms with Gasteiger partial charge in [0.25, 0.3) is 0 Å². The second kappa shape index (κ2) is 3.20. The summed E-state index contributed by atoms with van der Waals surface area (Å²) in [6.07, 6.45) is 3.30. The van der Waals surface area contributed by atoms with E-state index in [1.807, 2.05) is 0 Å². The Morgan fingerprint density at radius 3 is 2.25 bits per heavy atom. The van der Waals surface area contributed by atoms with Gasteiger partial charge in [0.2, 0.25) is 0 Å². The summed E-state index contributed by atoms with van der Waals surface area (Å²) in [4.78, 5) is 11.3. The van der Waals surface area contributed by atoms with Gasteiger partial charge >= 0.3 is 0 Å². The third-order valence-corrected chi connectivity index (χ3v) is 3.67. The van der Waals surface area contributed by atoms with Crippen molar-refractivity contribution in [3.05, 3.63) is 0 Å². The lowest BCUT2D eigenvalue weighted by Gasteiger charge is -2.47. The Morgan fingerprint density at radius 1 is 1.50 bits per heavy atom. The highest BCUT2D eigenvalue weighted by molar-refractivity contribution is 5.83. The Morgan fingerprint density at radius 2 is 2.00 bits per heavy atom. The van der Waals surface area contributed by atoms with Gasteiger partial charge in [0, 0.05) is 5.41 Å². The Kier molecular flexibility index (Phi) is 2.60. The van der Waals surface area contributed by atoms with Gasteiger partial charge in [0.05, 0.1) is 0 Å². The van der Waals surface area contributed by atoms with Crippen molar-refractivity contribution in [3.8, 4) is 0 Å². The molecule has 1 rings (SSSR count). The van der Waals surface area contributed by atoms with Crippen molar-refractivity contribution in [1.29, 1.82) is 0 Å². The normalized spacial score (nSPS) is 34.9. The van der Waals surface area contributed by atoms with E-state index in [-0.39, 0.29) is 5.41 Å². The standard InChI is InChI=1S/C11H20O/c1-5-11(9(4)12)6-10(7-11)8(2)3/h8,10H,5-7H2,1-4H3. The molecule has 0 aromatic heterocycles. The molecule has 70 valence electrons. The number of rotatable bonds is 3. The maximum atomic E-state index is 11.3. The van der Waals surface area contributed by atoms with E-state index in [9.17, 15) is 4.79 Å². The zero-order valence-electron chi connectivity index (χ0n) is 8.68. The van der Waals surface area contributed by atoms with Gasteiger partial charge in [-0.05, 0) is 38.0 Å². The summed E-state index contributed by atoms with van der Waals surface area (Å²) >= 11 is 0. The van der Waals surface area contributed by atoms with Gasteiger partial charge < -0.3 is 0 Å². The molecule has 0 aliphatic heterocycles. The Hall–Kier alpha value is -0.330. The molecule has 0 heterocycles. The highest BCUT2D eigenvalue weighted by Crippen LogP contribution is 2.51. The van der Waals surface area contributed by atoms with Crippen LogP contribution in [0, 0.1) is 17.3 Å². The van der Waals surface area contributed by atoms with Crippen LogP contribution in [0.25, 0.3) is 0 Å². The van der Waals surface area contributed by atoms with Crippen molar-refractivity contribution in [1.82, 2.24) is 0 Å². The first kappa shape index (κ1) is 9.76. The number of Topliss-reactive ketones (excluding diaryl/α,β-unsaturated/α-hetero) is 1. The average molecular weight is 168 g/mol. The fraction of sp³-hybridized carbons (Fsp3) is 0.909. The van der Waals surface area contributed by atoms with Gasteiger partial charge in [-0.3, -0.25) is 4.79 Å². The number of carbonyl (C=O) groups excluding carboxylic acids is 1. The second-order valence-corrected chi connectivity index (χ2v) is 4.60. The second-order valence-electron chi connectivity index (χ2n) is 4.60. The molecule has 0 unspecified atom stereocenters. The van der Waals surface area contributed by atoms with E-state index in [1.165, 1.54) is 0 Å². The third kappa shape index (κ3) is 1.41. The molecule has 0 N–H and O–H groups in total. The van der Waals surface area contributed by atoms with Crippen LogP contribution in [-0.4, -0.2) is 5.78 Å². The minimum absolute atomic E-state index is 0.0783. The first-order valence-corrected chi connectivity index (χ1v) is 5.03. The number of ketones is 1. The molecule has 1 aliphatic carbocycles. The lowest BCUT2D eigenvalue weighted by Crippen LogP contribution is -2.44. The fourth-order valence-electron chi connectivity index (χ4n) is 2.24. The molecule has 1 heteroatoms. The Bertz CT molecular complexity index is 175. The van der Waals surface area contributed by atoms with Crippen LogP contribution < -0.4 is 0 Å². The van der Waals surface area contributed by atoms with Gasteiger partial charge in [-0.1, -0.05) is 20.8 Å². The molecule has 1 nitrogen and oxygen atoms in total. The van der Waals surface area contributed by atoms with Crippen LogP contribution in [-0.2, 0) is 4.79 Å². The van der Waals surface area contributed by atoms with Gasteiger partial charge in [0.1, 0.15) is 5.78 Å². The maximum Gasteiger partial charge on any atom is 0.135 e. The molecule has 0 amide bonds. The summed E-state index contributed by atoms with van der Waals surface area (Å²) < 4.78 is 0. The summed E-state index contributed by atoms with van der Waals surface area (Å²) in [6.45, 7) is 8.40. The summed E-state index contributed by atoms with van der Waals surface area (Å²) in [6, 6.07) is 0. The summed E-state index contributed by atoms with van der Waals surface area (Å²) in [5.74, 6) is 1.96. The maximum absolute atomic E-state index is 11.3. The lowest BCUT2D eigenvalue weighted by atomic mass is 9.56. The summed E-state index contributed by atoms with van der Waals surface area (Å²) in [5.41, 5.74) is 0.0783. The monoisotopic (exact) mass is 168 g/mol. The van der Waals surface area contributed by atoms with E-state index in [2.05, 4.69) is 20.8 Å². The van der Waals surface area contributed by atoms with Crippen molar-refractivity contribution >= 4 is 5.78 Å². The van der Waals surface area contributed by atoms with E-state index in [4.69, 9.17) is 0 Å². The zero-order chi connectivity index (χ0) is 9.35. The Labute approximate surface area is 75.5 Å². The van der Waals surface area contributed by atoms with Gasteiger partial charge in [0.15, 0.2) is 0 Å². The summed E-state index contributed by atoms with van der Waals surface area (Å²) in [5, 5.41) is 0. The molecule has 0 spiro atoms. The van der Waals surface area contributed by atoms with Crippen LogP contribution >= 0.6 is 0 Å². The van der Waals surface area contributed by atoms with Gasteiger partial charge in [-0.15, -0.1) is 0 Å². The van der Waals surface area contributed by atoms with E-state index in [0.29, 0.717) is 5.78 Å². The smallest absolute Gasteiger partial charge is 0.135 e. The van der Waals surface area contributed by atoms with Gasteiger partial charge in [-0.25, -0.2) is 0 Å². The predicted molar refractivity (Wildman–Crippen MR) is 51.0 cm³/mol. The lowest BCUT2D eigenvalue weighted by molar-refractivity contribution is -0.136. The van der Waals surface area contributed by atoms with Crippen molar-refractivity contribution < 1.29 is 4.79 Å². The van der Waals surface area contributed by atoms with E-state index >= 15 is 0 Å². The van der Waals surface area contributed by atoms with Crippen molar-refractivity contribution in [2.75, 3.05) is 0 Å². The molecular formula is C11H20O. The predicted octanol–water partition coefficient (Wildman–Crippen LogP) is 3.04.